The van der Waals surface area contributed by atoms with Crippen molar-refractivity contribution in [3.05, 3.63) is 107 Å². The topological polar surface area (TPSA) is 82.9 Å². The van der Waals surface area contributed by atoms with Crippen LogP contribution in [0, 0.1) is 11.8 Å². The molecule has 3 rings (SSSR count). The molecular formula is C30H34N4O2. The largest absolute Gasteiger partial charge is 0.271 e. The highest BCUT2D eigenvalue weighted by Gasteiger charge is 2.12. The highest BCUT2D eigenvalue weighted by atomic mass is 16.2. The molecule has 6 nitrogen and oxygen atoms in total. The number of hydrogen-bond acceptors (Lipinski definition) is 4. The SMILES string of the molecule is CC(C)C/C(=N\NC(=O)c1ccc(C(=O)N/N=C(\CC(C)C)c2ccccc2)cc1)c1ccccc1. The van der Waals surface area contributed by atoms with E-state index >= 15 is 0 Å². The minimum absolute atomic E-state index is 0.333. The van der Waals surface area contributed by atoms with E-state index in [2.05, 4.69) is 48.7 Å². The van der Waals surface area contributed by atoms with Crippen molar-refractivity contribution < 1.29 is 9.59 Å². The lowest BCUT2D eigenvalue weighted by molar-refractivity contribution is 0.0943. The van der Waals surface area contributed by atoms with Crippen LogP contribution in [0.25, 0.3) is 0 Å². The van der Waals surface area contributed by atoms with Crippen LogP contribution in [0.5, 0.6) is 0 Å². The summed E-state index contributed by atoms with van der Waals surface area (Å²) >= 11 is 0. The van der Waals surface area contributed by atoms with E-state index in [4.69, 9.17) is 0 Å². The summed E-state index contributed by atoms with van der Waals surface area (Å²) < 4.78 is 0. The van der Waals surface area contributed by atoms with Gasteiger partial charge >= 0.3 is 0 Å². The number of nitrogens with one attached hydrogen (secondary N) is 2. The molecule has 6 heteroatoms. The maximum atomic E-state index is 12.7. The van der Waals surface area contributed by atoms with Gasteiger partial charge in [0.15, 0.2) is 0 Å². The molecule has 2 N–H and O–H groups in total. The molecule has 0 bridgehead atoms. The molecule has 0 saturated heterocycles. The Morgan fingerprint density at radius 2 is 0.889 bits per heavy atom. The van der Waals surface area contributed by atoms with Crippen molar-refractivity contribution in [3.8, 4) is 0 Å². The van der Waals surface area contributed by atoms with E-state index in [9.17, 15) is 9.59 Å². The highest BCUT2D eigenvalue weighted by molar-refractivity contribution is 6.03. The van der Waals surface area contributed by atoms with Gasteiger partial charge in [-0.15, -0.1) is 0 Å². The Morgan fingerprint density at radius 1 is 0.556 bits per heavy atom. The van der Waals surface area contributed by atoms with Gasteiger partial charge in [0, 0.05) is 11.1 Å². The Morgan fingerprint density at radius 3 is 1.19 bits per heavy atom. The van der Waals surface area contributed by atoms with E-state index in [1.54, 1.807) is 24.3 Å². The average Bonchev–Trinajstić information content (AvgIpc) is 2.89. The fourth-order valence-electron chi connectivity index (χ4n) is 3.63. The number of nitrogens with zero attached hydrogens (tertiary/aromatic N) is 2. The van der Waals surface area contributed by atoms with Crippen LogP contribution in [0.15, 0.2) is 95.1 Å². The first-order chi connectivity index (χ1) is 17.3. The van der Waals surface area contributed by atoms with Crippen LogP contribution in [0.2, 0.25) is 0 Å². The summed E-state index contributed by atoms with van der Waals surface area (Å²) in [5.41, 5.74) is 9.75. The number of carbonyl (C=O) groups excluding carboxylic acids is 2. The van der Waals surface area contributed by atoms with Crippen molar-refractivity contribution in [2.45, 2.75) is 40.5 Å². The Hall–Kier alpha value is -4.06. The van der Waals surface area contributed by atoms with Crippen molar-refractivity contribution in [1.29, 1.82) is 0 Å². The third kappa shape index (κ3) is 8.01. The summed E-state index contributed by atoms with van der Waals surface area (Å²) in [6, 6.07) is 26.1. The van der Waals surface area contributed by atoms with Crippen LogP contribution in [-0.4, -0.2) is 23.2 Å². The predicted octanol–water partition coefficient (Wildman–Crippen LogP) is 6.05. The molecule has 36 heavy (non-hydrogen) atoms. The average molecular weight is 483 g/mol. The molecule has 0 unspecified atom stereocenters. The molecule has 3 aromatic carbocycles. The molecule has 0 spiro atoms. The quantitative estimate of drug-likeness (QED) is 0.272. The van der Waals surface area contributed by atoms with E-state index in [0.717, 1.165) is 35.4 Å². The molecule has 0 fully saturated rings. The number of amides is 2. The molecule has 186 valence electrons. The lowest BCUT2D eigenvalue weighted by Gasteiger charge is -2.11. The van der Waals surface area contributed by atoms with Gasteiger partial charge in [-0.1, -0.05) is 88.4 Å². The van der Waals surface area contributed by atoms with Crippen molar-refractivity contribution in [3.63, 3.8) is 0 Å². The number of hydrazone groups is 2. The second-order valence-corrected chi connectivity index (χ2v) is 9.50. The first-order valence-electron chi connectivity index (χ1n) is 12.3. The first kappa shape index (κ1) is 26.5. The molecule has 0 aliphatic rings. The standard InChI is InChI=1S/C30H34N4O2/c1-21(2)19-27(23-11-7-5-8-12-23)31-33-29(35)25-15-17-26(18-16-25)30(36)34-32-28(20-22(3)4)24-13-9-6-10-14-24/h5-18,21-22H,19-20H2,1-4H3,(H,33,35)(H,34,36)/b31-27+,32-28+. The van der Waals surface area contributed by atoms with Crippen LogP contribution < -0.4 is 10.9 Å². The van der Waals surface area contributed by atoms with Gasteiger partial charge in [-0.2, -0.15) is 10.2 Å². The maximum absolute atomic E-state index is 12.7. The lowest BCUT2D eigenvalue weighted by Crippen LogP contribution is -2.22. The number of carbonyl (C=O) groups is 2. The Kier molecular flexibility index (Phi) is 9.69. The predicted molar refractivity (Wildman–Crippen MR) is 146 cm³/mol. The van der Waals surface area contributed by atoms with Crippen LogP contribution in [0.3, 0.4) is 0 Å². The van der Waals surface area contributed by atoms with Gasteiger partial charge < -0.3 is 0 Å². The molecular weight excluding hydrogens is 448 g/mol. The third-order valence-electron chi connectivity index (χ3n) is 5.41. The first-order valence-corrected chi connectivity index (χ1v) is 12.3. The monoisotopic (exact) mass is 482 g/mol. The van der Waals surface area contributed by atoms with Gasteiger partial charge in [0.1, 0.15) is 0 Å². The summed E-state index contributed by atoms with van der Waals surface area (Å²) in [4.78, 5) is 25.4. The zero-order valence-electron chi connectivity index (χ0n) is 21.4. The van der Waals surface area contributed by atoms with E-state index < -0.39 is 0 Å². The van der Waals surface area contributed by atoms with Gasteiger partial charge in [0.2, 0.25) is 0 Å². The Labute approximate surface area is 213 Å². The minimum atomic E-state index is -0.333. The van der Waals surface area contributed by atoms with E-state index in [0.29, 0.717) is 23.0 Å². The summed E-state index contributed by atoms with van der Waals surface area (Å²) in [5, 5.41) is 8.78. The van der Waals surface area contributed by atoms with Crippen LogP contribution >= 0.6 is 0 Å². The number of benzene rings is 3. The molecule has 0 aromatic heterocycles. The lowest BCUT2D eigenvalue weighted by atomic mass is 10.0. The molecule has 2 amide bonds. The Bertz CT molecular complexity index is 1100. The number of rotatable bonds is 10. The van der Waals surface area contributed by atoms with Gasteiger partial charge in [-0.3, -0.25) is 9.59 Å². The van der Waals surface area contributed by atoms with Crippen LogP contribution in [0.4, 0.5) is 0 Å². The molecule has 0 radical (unpaired) electrons. The van der Waals surface area contributed by atoms with E-state index in [1.807, 2.05) is 60.7 Å². The van der Waals surface area contributed by atoms with E-state index in [-0.39, 0.29) is 11.8 Å². The Balaban J connectivity index is 1.68. The fraction of sp³-hybridized carbons (Fsp3) is 0.267. The minimum Gasteiger partial charge on any atom is -0.267 e. The van der Waals surface area contributed by atoms with Crippen molar-refractivity contribution >= 4 is 23.2 Å². The van der Waals surface area contributed by atoms with Gasteiger partial charge in [-0.05, 0) is 60.1 Å². The summed E-state index contributed by atoms with van der Waals surface area (Å²) in [6.45, 7) is 8.44. The van der Waals surface area contributed by atoms with Crippen molar-refractivity contribution in [2.24, 2.45) is 22.0 Å². The molecule has 3 aromatic rings. The van der Waals surface area contributed by atoms with Gasteiger partial charge in [-0.25, -0.2) is 10.9 Å². The van der Waals surface area contributed by atoms with Crippen LogP contribution in [-0.2, 0) is 0 Å². The van der Waals surface area contributed by atoms with E-state index in [1.165, 1.54) is 0 Å². The van der Waals surface area contributed by atoms with Crippen molar-refractivity contribution in [2.75, 3.05) is 0 Å². The van der Waals surface area contributed by atoms with Gasteiger partial charge in [0.25, 0.3) is 11.8 Å². The molecule has 0 heterocycles. The second-order valence-electron chi connectivity index (χ2n) is 9.50. The molecule has 0 atom stereocenters. The highest BCUT2D eigenvalue weighted by Crippen LogP contribution is 2.12. The van der Waals surface area contributed by atoms with Gasteiger partial charge in [0.05, 0.1) is 11.4 Å². The summed E-state index contributed by atoms with van der Waals surface area (Å²) in [5.74, 6) is 0.120. The second kappa shape index (κ2) is 13.1. The zero-order chi connectivity index (χ0) is 25.9. The molecule has 0 aliphatic carbocycles. The maximum Gasteiger partial charge on any atom is 0.271 e. The third-order valence-corrected chi connectivity index (χ3v) is 5.41. The summed E-state index contributed by atoms with van der Waals surface area (Å²) in [6.07, 6.45) is 1.48. The number of hydrogen-bond donors (Lipinski definition) is 2. The molecule has 0 saturated carbocycles. The summed E-state index contributed by atoms with van der Waals surface area (Å²) in [7, 11) is 0. The molecule has 0 aliphatic heterocycles. The van der Waals surface area contributed by atoms with Crippen LogP contribution in [0.1, 0.15) is 72.4 Å². The fourth-order valence-corrected chi connectivity index (χ4v) is 3.63. The zero-order valence-corrected chi connectivity index (χ0v) is 21.4. The normalized spacial score (nSPS) is 12.1. The van der Waals surface area contributed by atoms with Crippen molar-refractivity contribution in [1.82, 2.24) is 10.9 Å². The smallest absolute Gasteiger partial charge is 0.267 e.